The second kappa shape index (κ2) is 8.20. The van der Waals surface area contributed by atoms with Crippen molar-refractivity contribution in [1.29, 1.82) is 0 Å². The average Bonchev–Trinajstić information content (AvgIpc) is 2.52. The minimum absolute atomic E-state index is 0.0258. The fourth-order valence-electron chi connectivity index (χ4n) is 2.73. The molecule has 0 aliphatic carbocycles. The number of nitrogens with one attached hydrogen (secondary N) is 2. The molecular formula is C17H24ClN3O2. The van der Waals surface area contributed by atoms with Crippen molar-refractivity contribution in [2.75, 3.05) is 19.6 Å². The number of hydrogen-bond donors (Lipinski definition) is 2. The van der Waals surface area contributed by atoms with E-state index in [2.05, 4.69) is 10.6 Å². The molecule has 3 amide bonds. The third-order valence-corrected chi connectivity index (χ3v) is 4.22. The first kappa shape index (κ1) is 17.6. The lowest BCUT2D eigenvalue weighted by molar-refractivity contribution is 0.0937. The van der Waals surface area contributed by atoms with Gasteiger partial charge in [0, 0.05) is 25.7 Å². The largest absolute Gasteiger partial charge is 0.352 e. The zero-order valence-electron chi connectivity index (χ0n) is 13.6. The van der Waals surface area contributed by atoms with E-state index in [1.807, 2.05) is 18.7 Å². The molecule has 1 aliphatic heterocycles. The Morgan fingerprint density at radius 1 is 1.35 bits per heavy atom. The number of hydrogen-bond acceptors (Lipinski definition) is 2. The van der Waals surface area contributed by atoms with Gasteiger partial charge < -0.3 is 15.5 Å². The fourth-order valence-corrected chi connectivity index (χ4v) is 2.95. The van der Waals surface area contributed by atoms with Gasteiger partial charge in [0.1, 0.15) is 0 Å². The Morgan fingerprint density at radius 2 is 2.09 bits per heavy atom. The highest BCUT2D eigenvalue weighted by atomic mass is 35.5. The van der Waals surface area contributed by atoms with Gasteiger partial charge in [-0.3, -0.25) is 4.79 Å². The van der Waals surface area contributed by atoms with E-state index < -0.39 is 0 Å². The molecule has 0 radical (unpaired) electrons. The average molecular weight is 338 g/mol. The summed E-state index contributed by atoms with van der Waals surface area (Å²) in [7, 11) is 0. The standard InChI is InChI=1S/C17H24ClN3O2/c1-12(2)20-17(23)21-9-5-6-13(11-21)10-19-16(22)14-7-3-4-8-15(14)18/h3-4,7-8,12-13H,5-6,9-11H2,1-2H3,(H,19,22)(H,20,23)/t13-/m1/s1. The van der Waals surface area contributed by atoms with Gasteiger partial charge in [-0.1, -0.05) is 23.7 Å². The Labute approximate surface area is 142 Å². The summed E-state index contributed by atoms with van der Waals surface area (Å²) in [4.78, 5) is 26.1. The Bertz CT molecular complexity index is 563. The van der Waals surface area contributed by atoms with Crippen LogP contribution in [0.4, 0.5) is 4.79 Å². The quantitative estimate of drug-likeness (QED) is 0.887. The molecule has 2 rings (SSSR count). The van der Waals surface area contributed by atoms with Crippen LogP contribution in [0, 0.1) is 5.92 Å². The number of rotatable bonds is 4. The summed E-state index contributed by atoms with van der Waals surface area (Å²) in [5.74, 6) is 0.104. The second-order valence-electron chi connectivity index (χ2n) is 6.25. The summed E-state index contributed by atoms with van der Waals surface area (Å²) in [5, 5.41) is 6.29. The van der Waals surface area contributed by atoms with Gasteiger partial charge in [-0.15, -0.1) is 0 Å². The second-order valence-corrected chi connectivity index (χ2v) is 6.66. The monoisotopic (exact) mass is 337 g/mol. The Hall–Kier alpha value is -1.75. The summed E-state index contributed by atoms with van der Waals surface area (Å²) >= 11 is 6.03. The first-order chi connectivity index (χ1) is 11.0. The van der Waals surface area contributed by atoms with E-state index in [-0.39, 0.29) is 23.9 Å². The molecule has 1 fully saturated rings. The Balaban J connectivity index is 1.85. The van der Waals surface area contributed by atoms with Gasteiger partial charge >= 0.3 is 6.03 Å². The van der Waals surface area contributed by atoms with Crippen LogP contribution in [0.15, 0.2) is 24.3 Å². The van der Waals surface area contributed by atoms with Gasteiger partial charge in [0.15, 0.2) is 0 Å². The number of benzene rings is 1. The van der Waals surface area contributed by atoms with Gasteiger partial charge in [-0.05, 0) is 44.7 Å². The topological polar surface area (TPSA) is 61.4 Å². The van der Waals surface area contributed by atoms with E-state index in [4.69, 9.17) is 11.6 Å². The number of nitrogens with zero attached hydrogens (tertiary/aromatic N) is 1. The number of amides is 3. The highest BCUT2D eigenvalue weighted by Crippen LogP contribution is 2.17. The highest BCUT2D eigenvalue weighted by Gasteiger charge is 2.24. The molecule has 1 aliphatic rings. The predicted molar refractivity (Wildman–Crippen MR) is 91.7 cm³/mol. The molecule has 1 aromatic rings. The molecule has 23 heavy (non-hydrogen) atoms. The van der Waals surface area contributed by atoms with Crippen molar-refractivity contribution in [3.8, 4) is 0 Å². The number of likely N-dealkylation sites (tertiary alicyclic amines) is 1. The first-order valence-corrected chi connectivity index (χ1v) is 8.43. The maximum Gasteiger partial charge on any atom is 0.317 e. The summed E-state index contributed by atoms with van der Waals surface area (Å²) in [6.07, 6.45) is 1.96. The van der Waals surface area contributed by atoms with Crippen molar-refractivity contribution in [3.63, 3.8) is 0 Å². The Morgan fingerprint density at radius 3 is 2.78 bits per heavy atom. The van der Waals surface area contributed by atoms with Crippen LogP contribution in [0.1, 0.15) is 37.0 Å². The SMILES string of the molecule is CC(C)NC(=O)N1CCC[C@H](CNC(=O)c2ccccc2Cl)C1. The van der Waals surface area contributed by atoms with Crippen LogP contribution in [0.25, 0.3) is 0 Å². The third-order valence-electron chi connectivity index (χ3n) is 3.89. The van der Waals surface area contributed by atoms with E-state index in [0.29, 0.717) is 23.7 Å². The third kappa shape index (κ3) is 5.13. The minimum Gasteiger partial charge on any atom is -0.352 e. The van der Waals surface area contributed by atoms with Crippen molar-refractivity contribution in [2.24, 2.45) is 5.92 Å². The molecule has 1 heterocycles. The molecule has 1 atom stereocenters. The minimum atomic E-state index is -0.167. The van der Waals surface area contributed by atoms with Crippen molar-refractivity contribution in [2.45, 2.75) is 32.7 Å². The van der Waals surface area contributed by atoms with E-state index >= 15 is 0 Å². The number of urea groups is 1. The van der Waals surface area contributed by atoms with Crippen LogP contribution in [0.3, 0.4) is 0 Å². The predicted octanol–water partition coefficient (Wildman–Crippen LogP) is 2.90. The van der Waals surface area contributed by atoms with Gasteiger partial charge in [-0.25, -0.2) is 4.79 Å². The molecule has 0 saturated carbocycles. The number of halogens is 1. The first-order valence-electron chi connectivity index (χ1n) is 8.05. The van der Waals surface area contributed by atoms with Crippen molar-refractivity contribution in [1.82, 2.24) is 15.5 Å². The van der Waals surface area contributed by atoms with Gasteiger partial charge in [0.05, 0.1) is 10.6 Å². The van der Waals surface area contributed by atoms with E-state index in [1.54, 1.807) is 24.3 Å². The normalized spacial score (nSPS) is 17.9. The van der Waals surface area contributed by atoms with Crippen LogP contribution < -0.4 is 10.6 Å². The van der Waals surface area contributed by atoms with Gasteiger partial charge in [0.25, 0.3) is 5.91 Å². The smallest absolute Gasteiger partial charge is 0.317 e. The lowest BCUT2D eigenvalue weighted by atomic mass is 9.98. The molecule has 6 heteroatoms. The van der Waals surface area contributed by atoms with Crippen molar-refractivity contribution in [3.05, 3.63) is 34.9 Å². The van der Waals surface area contributed by atoms with Crippen molar-refractivity contribution >= 4 is 23.5 Å². The van der Waals surface area contributed by atoms with Crippen LogP contribution in [0.5, 0.6) is 0 Å². The molecule has 1 aromatic carbocycles. The lowest BCUT2D eigenvalue weighted by Crippen LogP contribution is -2.49. The Kier molecular flexibility index (Phi) is 6.28. The zero-order valence-corrected chi connectivity index (χ0v) is 14.4. The fraction of sp³-hybridized carbons (Fsp3) is 0.529. The maximum absolute atomic E-state index is 12.2. The van der Waals surface area contributed by atoms with Crippen LogP contribution in [-0.4, -0.2) is 42.5 Å². The van der Waals surface area contributed by atoms with Crippen LogP contribution >= 0.6 is 11.6 Å². The number of carbonyl (C=O) groups excluding carboxylic acids is 2. The maximum atomic E-state index is 12.2. The van der Waals surface area contributed by atoms with Crippen LogP contribution in [-0.2, 0) is 0 Å². The number of piperidine rings is 1. The van der Waals surface area contributed by atoms with Crippen LogP contribution in [0.2, 0.25) is 5.02 Å². The molecule has 5 nitrogen and oxygen atoms in total. The van der Waals surface area contributed by atoms with Crippen molar-refractivity contribution < 1.29 is 9.59 Å². The van der Waals surface area contributed by atoms with E-state index in [9.17, 15) is 9.59 Å². The van der Waals surface area contributed by atoms with E-state index in [1.165, 1.54) is 0 Å². The lowest BCUT2D eigenvalue weighted by Gasteiger charge is -2.33. The molecule has 2 N–H and O–H groups in total. The van der Waals surface area contributed by atoms with Gasteiger partial charge in [-0.2, -0.15) is 0 Å². The molecule has 126 valence electrons. The molecular weight excluding hydrogens is 314 g/mol. The summed E-state index contributed by atoms with van der Waals surface area (Å²) in [6.45, 7) is 5.89. The van der Waals surface area contributed by atoms with E-state index in [0.717, 1.165) is 19.4 Å². The summed E-state index contributed by atoms with van der Waals surface area (Å²) in [5.41, 5.74) is 0.486. The summed E-state index contributed by atoms with van der Waals surface area (Å²) < 4.78 is 0. The molecule has 0 unspecified atom stereocenters. The van der Waals surface area contributed by atoms with Gasteiger partial charge in [0.2, 0.25) is 0 Å². The molecule has 0 spiro atoms. The molecule has 1 saturated heterocycles. The zero-order chi connectivity index (χ0) is 16.8. The summed E-state index contributed by atoms with van der Waals surface area (Å²) in [6, 6.07) is 7.10. The number of carbonyl (C=O) groups is 2. The molecule has 0 bridgehead atoms. The molecule has 0 aromatic heterocycles. The highest BCUT2D eigenvalue weighted by molar-refractivity contribution is 6.33.